The van der Waals surface area contributed by atoms with E-state index in [9.17, 15) is 14.9 Å². The van der Waals surface area contributed by atoms with Gasteiger partial charge in [-0.3, -0.25) is 9.78 Å². The van der Waals surface area contributed by atoms with Crippen LogP contribution in [0.1, 0.15) is 36.4 Å². The van der Waals surface area contributed by atoms with Crippen molar-refractivity contribution in [2.24, 2.45) is 0 Å². The quantitative estimate of drug-likeness (QED) is 0.411. The van der Waals surface area contributed by atoms with Crippen LogP contribution in [0.5, 0.6) is 11.5 Å². The Balaban J connectivity index is 1.62. The molecule has 0 fully saturated rings. The normalized spacial score (nSPS) is 14.2. The fourth-order valence-corrected chi connectivity index (χ4v) is 4.93. The number of hydrogen-bond donors (Lipinski definition) is 2. The van der Waals surface area contributed by atoms with Gasteiger partial charge in [0, 0.05) is 22.0 Å². The Kier molecular flexibility index (Phi) is 5.61. The van der Waals surface area contributed by atoms with E-state index in [1.54, 1.807) is 12.1 Å². The van der Waals surface area contributed by atoms with Gasteiger partial charge in [0.25, 0.3) is 5.56 Å². The van der Waals surface area contributed by atoms with Crippen molar-refractivity contribution >= 4 is 34.1 Å². The van der Waals surface area contributed by atoms with Gasteiger partial charge in [0.2, 0.25) is 5.69 Å². The summed E-state index contributed by atoms with van der Waals surface area (Å²) in [5.74, 6) is 0.305. The smallest absolute Gasteiger partial charge is 0.349 e. The largest absolute Gasteiger partial charge is 0.453 e. The van der Waals surface area contributed by atoms with Gasteiger partial charge < -0.3 is 14.5 Å². The van der Waals surface area contributed by atoms with E-state index in [0.717, 1.165) is 26.8 Å². The maximum absolute atomic E-state index is 12.2. The lowest BCUT2D eigenvalue weighted by molar-refractivity contribution is 0.0630. The first-order valence-corrected chi connectivity index (χ1v) is 11.4. The van der Waals surface area contributed by atoms with E-state index >= 15 is 0 Å². The van der Waals surface area contributed by atoms with Crippen molar-refractivity contribution in [1.29, 1.82) is 10.5 Å². The van der Waals surface area contributed by atoms with E-state index in [0.29, 0.717) is 18.8 Å². The summed E-state index contributed by atoms with van der Waals surface area (Å²) in [6.45, 7) is 5.01. The Morgan fingerprint density at radius 2 is 1.86 bits per heavy atom. The Hall–Kier alpha value is -4.09. The zero-order valence-corrected chi connectivity index (χ0v) is 20.4. The molecular weight excluding hydrogens is 507 g/mol. The molecule has 36 heavy (non-hydrogen) atoms. The third-order valence-electron chi connectivity index (χ3n) is 5.88. The van der Waals surface area contributed by atoms with Gasteiger partial charge in [0.1, 0.15) is 23.5 Å². The molecule has 0 aliphatic carbocycles. The lowest BCUT2D eigenvalue weighted by atomic mass is 9.81. The Bertz CT molecular complexity index is 1750. The molecule has 0 unspecified atom stereocenters. The Labute approximate surface area is 213 Å². The van der Waals surface area contributed by atoms with Crippen LogP contribution in [0, 0.1) is 22.7 Å². The number of ether oxygens (including phenoxy) is 2. The van der Waals surface area contributed by atoms with Crippen LogP contribution in [0.15, 0.2) is 33.9 Å². The number of halogens is 2. The fraction of sp³-hybridized carbons (Fsp3) is 0.208. The van der Waals surface area contributed by atoms with E-state index in [2.05, 4.69) is 16.2 Å². The standard InChI is InChI=1S/C24H16Cl2N6O4/c1-24(2)10-35-9-17-20(24)19-12(7-27)18(4-3-15(19)29-17)36-21-13(25)5-11(6-14(21)26)32-23(34)30-22(33)16(8-28)31-32/h3-6,29H,9-10H2,1-2H3,(H,30,33,34). The monoisotopic (exact) mass is 522 g/mol. The van der Waals surface area contributed by atoms with Gasteiger partial charge in [0.05, 0.1) is 28.9 Å². The molecule has 0 saturated heterocycles. The number of nitrogens with zero attached hydrogens (tertiary/aromatic N) is 4. The molecule has 5 rings (SSSR count). The molecule has 4 aromatic rings. The average molecular weight is 523 g/mol. The predicted molar refractivity (Wildman–Crippen MR) is 131 cm³/mol. The highest BCUT2D eigenvalue weighted by Gasteiger charge is 2.33. The van der Waals surface area contributed by atoms with Crippen molar-refractivity contribution in [2.45, 2.75) is 25.9 Å². The van der Waals surface area contributed by atoms with Crippen LogP contribution in [0.25, 0.3) is 16.6 Å². The highest BCUT2D eigenvalue weighted by molar-refractivity contribution is 6.37. The lowest BCUT2D eigenvalue weighted by Gasteiger charge is -2.30. The van der Waals surface area contributed by atoms with E-state index in [1.807, 2.05) is 24.9 Å². The second kappa shape index (κ2) is 8.54. The number of H-pyrrole nitrogens is 2. The summed E-state index contributed by atoms with van der Waals surface area (Å²) in [5.41, 5.74) is 0.496. The number of hydrogen-bond acceptors (Lipinski definition) is 7. The molecule has 0 saturated carbocycles. The molecule has 1 aliphatic heterocycles. The summed E-state index contributed by atoms with van der Waals surface area (Å²) in [5, 5.41) is 23.7. The number of aromatic amines is 2. The third kappa shape index (κ3) is 3.73. The summed E-state index contributed by atoms with van der Waals surface area (Å²) in [6, 6.07) is 10.0. The van der Waals surface area contributed by atoms with E-state index in [4.69, 9.17) is 37.9 Å². The Morgan fingerprint density at radius 3 is 2.53 bits per heavy atom. The number of benzene rings is 2. The van der Waals surface area contributed by atoms with Crippen LogP contribution in [0.4, 0.5) is 0 Å². The zero-order chi connectivity index (χ0) is 25.8. The molecule has 10 nitrogen and oxygen atoms in total. The van der Waals surface area contributed by atoms with Gasteiger partial charge in [-0.25, -0.2) is 4.79 Å². The van der Waals surface area contributed by atoms with Crippen LogP contribution in [-0.2, 0) is 16.8 Å². The molecule has 1 aliphatic rings. The number of nitriles is 2. The lowest BCUT2D eigenvalue weighted by Crippen LogP contribution is -2.33. The van der Waals surface area contributed by atoms with E-state index in [1.165, 1.54) is 12.1 Å². The van der Waals surface area contributed by atoms with Crippen molar-refractivity contribution < 1.29 is 9.47 Å². The number of rotatable bonds is 3. The number of fused-ring (bicyclic) bond motifs is 3. The van der Waals surface area contributed by atoms with Crippen molar-refractivity contribution in [3.63, 3.8) is 0 Å². The first-order chi connectivity index (χ1) is 17.1. The molecule has 180 valence electrons. The van der Waals surface area contributed by atoms with Crippen molar-refractivity contribution in [3.05, 3.63) is 77.7 Å². The van der Waals surface area contributed by atoms with Crippen molar-refractivity contribution in [2.75, 3.05) is 6.61 Å². The molecule has 3 heterocycles. The van der Waals surface area contributed by atoms with Crippen LogP contribution in [0.2, 0.25) is 10.0 Å². The van der Waals surface area contributed by atoms with E-state index < -0.39 is 16.9 Å². The number of aromatic nitrogens is 4. The van der Waals surface area contributed by atoms with Gasteiger partial charge in [-0.1, -0.05) is 37.0 Å². The first kappa shape index (κ1) is 23.6. The van der Waals surface area contributed by atoms with Crippen LogP contribution in [-0.4, -0.2) is 26.4 Å². The summed E-state index contributed by atoms with van der Waals surface area (Å²) in [4.78, 5) is 29.2. The predicted octanol–water partition coefficient (Wildman–Crippen LogP) is 4.05. The molecule has 12 heteroatoms. The van der Waals surface area contributed by atoms with Crippen molar-refractivity contribution in [3.8, 4) is 29.3 Å². The van der Waals surface area contributed by atoms with Crippen LogP contribution in [0.3, 0.4) is 0 Å². The summed E-state index contributed by atoms with van der Waals surface area (Å²) >= 11 is 12.9. The first-order valence-electron chi connectivity index (χ1n) is 10.6. The molecule has 0 radical (unpaired) electrons. The maximum atomic E-state index is 12.2. The highest BCUT2D eigenvalue weighted by atomic mass is 35.5. The van der Waals surface area contributed by atoms with Gasteiger partial charge in [-0.15, -0.1) is 5.10 Å². The maximum Gasteiger partial charge on any atom is 0.349 e. The highest BCUT2D eigenvalue weighted by Crippen LogP contribution is 2.44. The van der Waals surface area contributed by atoms with Crippen LogP contribution >= 0.6 is 23.2 Å². The fourth-order valence-electron chi connectivity index (χ4n) is 4.38. The molecule has 2 aromatic carbocycles. The SMILES string of the molecule is CC1(C)COCc2[nH]c3ccc(Oc4c(Cl)cc(-n5nc(C#N)c(=O)[nH]c5=O)cc4Cl)c(C#N)c3c21. The molecule has 2 N–H and O–H groups in total. The molecular formula is C24H16Cl2N6O4. The minimum atomic E-state index is -0.906. The molecule has 0 spiro atoms. The third-order valence-corrected chi connectivity index (χ3v) is 6.44. The van der Waals surface area contributed by atoms with Crippen LogP contribution < -0.4 is 16.0 Å². The molecule has 0 amide bonds. The topological polar surface area (TPSA) is 150 Å². The minimum Gasteiger partial charge on any atom is -0.453 e. The average Bonchev–Trinajstić information content (AvgIpc) is 3.21. The van der Waals surface area contributed by atoms with Gasteiger partial charge in [-0.05, 0) is 29.8 Å². The molecule has 0 bridgehead atoms. The van der Waals surface area contributed by atoms with Crippen molar-refractivity contribution in [1.82, 2.24) is 19.7 Å². The summed E-state index contributed by atoms with van der Waals surface area (Å²) in [7, 11) is 0. The molecule has 0 atom stereocenters. The van der Waals surface area contributed by atoms with Gasteiger partial charge in [-0.2, -0.15) is 15.2 Å². The Morgan fingerprint density at radius 1 is 1.14 bits per heavy atom. The second-order valence-electron chi connectivity index (χ2n) is 8.80. The number of nitrogens with one attached hydrogen (secondary N) is 2. The summed E-state index contributed by atoms with van der Waals surface area (Å²) in [6.07, 6.45) is 0. The second-order valence-corrected chi connectivity index (χ2v) is 9.61. The van der Waals surface area contributed by atoms with E-state index in [-0.39, 0.29) is 32.6 Å². The van der Waals surface area contributed by atoms with Gasteiger partial charge >= 0.3 is 5.69 Å². The van der Waals surface area contributed by atoms with Gasteiger partial charge in [0.15, 0.2) is 5.75 Å². The summed E-state index contributed by atoms with van der Waals surface area (Å²) < 4.78 is 12.5. The zero-order valence-electron chi connectivity index (χ0n) is 18.9. The minimum absolute atomic E-state index is 0.0183. The molecule has 2 aromatic heterocycles.